The van der Waals surface area contributed by atoms with Crippen LogP contribution in [0.1, 0.15) is 0 Å². The SMILES string of the molecule is NC(CO)(CO)CO.OCN(CO)CO. The topological polar surface area (TPSA) is 151 Å². The van der Waals surface area contributed by atoms with Crippen molar-refractivity contribution in [1.29, 1.82) is 0 Å². The van der Waals surface area contributed by atoms with E-state index in [4.69, 9.17) is 36.4 Å². The van der Waals surface area contributed by atoms with Crippen LogP contribution in [0.2, 0.25) is 0 Å². The summed E-state index contributed by atoms with van der Waals surface area (Å²) in [5.41, 5.74) is 3.94. The minimum Gasteiger partial charge on any atom is -0.394 e. The van der Waals surface area contributed by atoms with E-state index in [2.05, 4.69) is 0 Å². The van der Waals surface area contributed by atoms with Crippen LogP contribution in [0.4, 0.5) is 0 Å². The third kappa shape index (κ3) is 8.66. The molecule has 0 aliphatic carbocycles. The van der Waals surface area contributed by atoms with E-state index in [-0.39, 0.29) is 20.2 Å². The summed E-state index contributed by atoms with van der Waals surface area (Å²) < 4.78 is 0. The maximum atomic E-state index is 8.34. The zero-order valence-corrected chi connectivity index (χ0v) is 8.45. The first-order valence-electron chi connectivity index (χ1n) is 4.20. The van der Waals surface area contributed by atoms with Crippen molar-refractivity contribution in [2.24, 2.45) is 5.73 Å². The van der Waals surface area contributed by atoms with Crippen LogP contribution < -0.4 is 5.73 Å². The molecule has 0 heterocycles. The molecule has 0 aliphatic rings. The Morgan fingerprint density at radius 2 is 1.00 bits per heavy atom. The number of rotatable bonds is 6. The summed E-state index contributed by atoms with van der Waals surface area (Å²) in [7, 11) is 0. The van der Waals surface area contributed by atoms with Crippen LogP contribution in [0.5, 0.6) is 0 Å². The van der Waals surface area contributed by atoms with E-state index in [0.29, 0.717) is 0 Å². The van der Waals surface area contributed by atoms with Crippen molar-refractivity contribution in [2.45, 2.75) is 5.54 Å². The number of nitrogens with two attached hydrogens (primary N) is 1. The van der Waals surface area contributed by atoms with E-state index < -0.39 is 25.4 Å². The Hall–Kier alpha value is -0.320. The highest BCUT2D eigenvalue weighted by Crippen LogP contribution is 1.93. The van der Waals surface area contributed by atoms with Crippen molar-refractivity contribution in [2.75, 3.05) is 40.0 Å². The van der Waals surface area contributed by atoms with Crippen LogP contribution in [0.15, 0.2) is 0 Å². The predicted octanol–water partition coefficient (Wildman–Crippen LogP) is -4.20. The number of hydrogen-bond acceptors (Lipinski definition) is 8. The molecular formula is C7H20N2O6. The monoisotopic (exact) mass is 228 g/mol. The molecule has 0 saturated heterocycles. The fourth-order valence-corrected chi connectivity index (χ4v) is 0.284. The average molecular weight is 228 g/mol. The van der Waals surface area contributed by atoms with E-state index in [9.17, 15) is 0 Å². The van der Waals surface area contributed by atoms with Crippen LogP contribution in [0, 0.1) is 0 Å². The minimum absolute atomic E-state index is 0.312. The van der Waals surface area contributed by atoms with E-state index >= 15 is 0 Å². The molecule has 0 aromatic rings. The summed E-state index contributed by atoms with van der Waals surface area (Å²) >= 11 is 0. The second-order valence-electron chi connectivity index (χ2n) is 2.93. The van der Waals surface area contributed by atoms with Gasteiger partial charge in [-0.3, -0.25) is 0 Å². The van der Waals surface area contributed by atoms with Gasteiger partial charge in [0.2, 0.25) is 0 Å². The molecule has 15 heavy (non-hydrogen) atoms. The lowest BCUT2D eigenvalue weighted by Crippen LogP contribution is -2.50. The second-order valence-corrected chi connectivity index (χ2v) is 2.93. The van der Waals surface area contributed by atoms with Gasteiger partial charge in [-0.2, -0.15) is 0 Å². The summed E-state index contributed by atoms with van der Waals surface area (Å²) in [6, 6.07) is 0. The van der Waals surface area contributed by atoms with Gasteiger partial charge < -0.3 is 36.4 Å². The molecule has 0 bridgehead atoms. The molecule has 0 aromatic carbocycles. The molecule has 0 saturated carbocycles. The summed E-state index contributed by atoms with van der Waals surface area (Å²) in [4.78, 5) is 1.04. The lowest BCUT2D eigenvalue weighted by atomic mass is 10.1. The van der Waals surface area contributed by atoms with Gasteiger partial charge in [-0.25, -0.2) is 4.90 Å². The lowest BCUT2D eigenvalue weighted by molar-refractivity contribution is -0.0268. The fraction of sp³-hybridized carbons (Fsp3) is 1.00. The molecule has 0 aromatic heterocycles. The fourth-order valence-electron chi connectivity index (χ4n) is 0.284. The quantitative estimate of drug-likeness (QED) is 0.226. The van der Waals surface area contributed by atoms with Crippen LogP contribution in [0.25, 0.3) is 0 Å². The molecule has 0 unspecified atom stereocenters. The highest BCUT2D eigenvalue weighted by Gasteiger charge is 2.20. The van der Waals surface area contributed by atoms with Crippen molar-refractivity contribution in [3.8, 4) is 0 Å². The second kappa shape index (κ2) is 10.2. The van der Waals surface area contributed by atoms with Crippen molar-refractivity contribution in [3.05, 3.63) is 0 Å². The summed E-state index contributed by atoms with van der Waals surface area (Å²) in [5.74, 6) is 0. The van der Waals surface area contributed by atoms with Gasteiger partial charge in [-0.1, -0.05) is 0 Å². The molecule has 0 spiro atoms. The van der Waals surface area contributed by atoms with E-state index in [0.717, 1.165) is 4.90 Å². The van der Waals surface area contributed by atoms with E-state index in [1.54, 1.807) is 0 Å². The first kappa shape index (κ1) is 17.1. The summed E-state index contributed by atoms with van der Waals surface area (Å²) in [6.45, 7) is -2.15. The van der Waals surface area contributed by atoms with E-state index in [1.807, 2.05) is 0 Å². The maximum Gasteiger partial charge on any atom is 0.0993 e. The van der Waals surface area contributed by atoms with Crippen LogP contribution in [-0.2, 0) is 0 Å². The third-order valence-electron chi connectivity index (χ3n) is 1.54. The van der Waals surface area contributed by atoms with Gasteiger partial charge in [0.05, 0.1) is 45.6 Å². The highest BCUT2D eigenvalue weighted by atomic mass is 16.3. The van der Waals surface area contributed by atoms with Gasteiger partial charge in [0.25, 0.3) is 0 Å². The molecular weight excluding hydrogens is 208 g/mol. The van der Waals surface area contributed by atoms with Crippen LogP contribution in [0.3, 0.4) is 0 Å². The predicted molar refractivity (Wildman–Crippen MR) is 51.3 cm³/mol. The lowest BCUT2D eigenvalue weighted by Gasteiger charge is -2.20. The Balaban J connectivity index is 0. The Morgan fingerprint density at radius 1 is 0.733 bits per heavy atom. The standard InChI is InChI=1S/C4H11NO3.C3H9NO3/c5-4(1-6,2-7)3-8;5-1-4(2-6)3-7/h6-8H,1-3,5H2;5-7H,1-3H2. The molecule has 8 N–H and O–H groups in total. The molecule has 8 heteroatoms. The zero-order chi connectivity index (χ0) is 12.3. The molecule has 0 radical (unpaired) electrons. The third-order valence-corrected chi connectivity index (χ3v) is 1.54. The first-order chi connectivity index (χ1) is 7.03. The molecule has 94 valence electrons. The number of aliphatic hydroxyl groups excluding tert-OH is 6. The van der Waals surface area contributed by atoms with Gasteiger partial charge in [0.1, 0.15) is 0 Å². The molecule has 0 rings (SSSR count). The minimum atomic E-state index is -1.21. The molecule has 8 nitrogen and oxygen atoms in total. The van der Waals surface area contributed by atoms with Gasteiger partial charge >= 0.3 is 0 Å². The van der Waals surface area contributed by atoms with Crippen molar-refractivity contribution in [3.63, 3.8) is 0 Å². The summed E-state index contributed by atoms with van der Waals surface area (Å²) in [6.07, 6.45) is 0. The largest absolute Gasteiger partial charge is 0.394 e. The highest BCUT2D eigenvalue weighted by molar-refractivity contribution is 4.80. The van der Waals surface area contributed by atoms with E-state index in [1.165, 1.54) is 0 Å². The number of hydrogen-bond donors (Lipinski definition) is 7. The van der Waals surface area contributed by atoms with Gasteiger partial charge in [-0.05, 0) is 0 Å². The Kier molecular flexibility index (Phi) is 11.6. The van der Waals surface area contributed by atoms with Gasteiger partial charge in [0, 0.05) is 0 Å². The van der Waals surface area contributed by atoms with Crippen molar-refractivity contribution < 1.29 is 30.6 Å². The normalized spacial score (nSPS) is 11.2. The Morgan fingerprint density at radius 3 is 1.00 bits per heavy atom. The Bertz CT molecular complexity index is 115. The Labute approximate surface area is 87.8 Å². The van der Waals surface area contributed by atoms with Crippen molar-refractivity contribution >= 4 is 0 Å². The van der Waals surface area contributed by atoms with Crippen LogP contribution in [-0.4, -0.2) is 81.1 Å². The molecule has 0 aliphatic heterocycles. The van der Waals surface area contributed by atoms with Gasteiger partial charge in [0.15, 0.2) is 0 Å². The molecule has 0 fully saturated rings. The zero-order valence-electron chi connectivity index (χ0n) is 8.45. The number of nitrogens with zero attached hydrogens (tertiary/aromatic N) is 1. The molecule has 0 atom stereocenters. The van der Waals surface area contributed by atoms with Crippen molar-refractivity contribution in [1.82, 2.24) is 4.90 Å². The smallest absolute Gasteiger partial charge is 0.0993 e. The summed E-state index contributed by atoms with van der Waals surface area (Å²) in [5, 5.41) is 49.4. The maximum absolute atomic E-state index is 8.34. The number of aliphatic hydroxyl groups is 6. The first-order valence-corrected chi connectivity index (χ1v) is 4.20. The molecule has 0 amide bonds. The average Bonchev–Trinajstić information content (AvgIpc) is 2.31. The van der Waals surface area contributed by atoms with Gasteiger partial charge in [-0.15, -0.1) is 0 Å². The van der Waals surface area contributed by atoms with Crippen LogP contribution >= 0.6 is 0 Å².